The summed E-state index contributed by atoms with van der Waals surface area (Å²) >= 11 is 0. The minimum absolute atomic E-state index is 0.127. The maximum atomic E-state index is 11.8. The number of carbonyl (C=O) groups excluding carboxylic acids is 3. The summed E-state index contributed by atoms with van der Waals surface area (Å²) in [5.41, 5.74) is 2.93. The lowest BCUT2D eigenvalue weighted by atomic mass is 9.99. The number of hydrogen-bond acceptors (Lipinski definition) is 8. The molecule has 0 radical (unpaired) electrons. The average Bonchev–Trinajstić information content (AvgIpc) is 2.77. The molecule has 0 aliphatic rings. The first-order valence-corrected chi connectivity index (χ1v) is 10.4. The van der Waals surface area contributed by atoms with E-state index in [1.165, 1.54) is 35.0 Å². The van der Waals surface area contributed by atoms with Gasteiger partial charge in [0.1, 0.15) is 6.61 Å². The minimum Gasteiger partial charge on any atom is -0.493 e. The minimum atomic E-state index is -0.488. The molecular formula is C26H28O8. The van der Waals surface area contributed by atoms with Crippen molar-refractivity contribution in [1.82, 2.24) is 0 Å². The van der Waals surface area contributed by atoms with Crippen LogP contribution in [-0.2, 0) is 19.1 Å². The van der Waals surface area contributed by atoms with Crippen LogP contribution in [0.4, 0.5) is 0 Å². The molecule has 8 heteroatoms. The van der Waals surface area contributed by atoms with Gasteiger partial charge in [0, 0.05) is 26.3 Å². The molecule has 0 aliphatic heterocycles. The smallest absolute Gasteiger partial charge is 0.308 e. The summed E-state index contributed by atoms with van der Waals surface area (Å²) in [6.45, 7) is 5.95. The van der Waals surface area contributed by atoms with Gasteiger partial charge in [0.2, 0.25) is 0 Å². The maximum Gasteiger partial charge on any atom is 0.308 e. The van der Waals surface area contributed by atoms with Crippen LogP contribution in [0.5, 0.6) is 23.0 Å². The van der Waals surface area contributed by atoms with Crippen molar-refractivity contribution < 1.29 is 38.1 Å². The monoisotopic (exact) mass is 468 g/mol. The molecule has 180 valence electrons. The predicted molar refractivity (Wildman–Crippen MR) is 128 cm³/mol. The normalized spacial score (nSPS) is 11.2. The van der Waals surface area contributed by atoms with Gasteiger partial charge in [0.25, 0.3) is 0 Å². The molecule has 2 aromatic rings. The lowest BCUT2D eigenvalue weighted by Crippen LogP contribution is -2.06. The zero-order chi connectivity index (χ0) is 25.3. The molecule has 2 aromatic carbocycles. The first-order valence-electron chi connectivity index (χ1n) is 10.4. The highest BCUT2D eigenvalue weighted by atomic mass is 16.6. The first-order chi connectivity index (χ1) is 16.1. The summed E-state index contributed by atoms with van der Waals surface area (Å²) in [7, 11) is 2.97. The average molecular weight is 469 g/mol. The molecule has 0 bridgehead atoms. The van der Waals surface area contributed by atoms with Crippen molar-refractivity contribution in [2.45, 2.75) is 27.7 Å². The van der Waals surface area contributed by atoms with Gasteiger partial charge in [-0.3, -0.25) is 14.4 Å². The Morgan fingerprint density at radius 3 is 2.00 bits per heavy atom. The molecule has 0 saturated carbocycles. The van der Waals surface area contributed by atoms with Crippen molar-refractivity contribution in [1.29, 1.82) is 0 Å². The summed E-state index contributed by atoms with van der Waals surface area (Å²) < 4.78 is 26.4. The number of carbonyl (C=O) groups is 3. The summed E-state index contributed by atoms with van der Waals surface area (Å²) in [6.07, 6.45) is 5.34. The Morgan fingerprint density at radius 2 is 1.41 bits per heavy atom. The van der Waals surface area contributed by atoms with Crippen LogP contribution in [0.2, 0.25) is 0 Å². The number of methoxy groups -OCH3 is 2. The van der Waals surface area contributed by atoms with E-state index < -0.39 is 11.9 Å². The molecule has 0 atom stereocenters. The van der Waals surface area contributed by atoms with Crippen molar-refractivity contribution in [2.75, 3.05) is 20.8 Å². The second kappa shape index (κ2) is 12.2. The predicted octanol–water partition coefficient (Wildman–Crippen LogP) is 4.69. The molecule has 8 nitrogen and oxygen atoms in total. The van der Waals surface area contributed by atoms with E-state index in [1.807, 2.05) is 19.1 Å². The van der Waals surface area contributed by atoms with Gasteiger partial charge >= 0.3 is 17.9 Å². The highest BCUT2D eigenvalue weighted by Gasteiger charge is 2.17. The molecule has 0 heterocycles. The maximum absolute atomic E-state index is 11.8. The number of esters is 3. The highest BCUT2D eigenvalue weighted by molar-refractivity contribution is 5.87. The molecule has 0 spiro atoms. The van der Waals surface area contributed by atoms with Gasteiger partial charge in [-0.1, -0.05) is 18.2 Å². The van der Waals surface area contributed by atoms with Crippen LogP contribution >= 0.6 is 0 Å². The fourth-order valence-electron chi connectivity index (χ4n) is 3.10. The van der Waals surface area contributed by atoms with Crippen molar-refractivity contribution in [3.05, 3.63) is 53.1 Å². The third-order valence-corrected chi connectivity index (χ3v) is 4.49. The van der Waals surface area contributed by atoms with Crippen LogP contribution in [0.15, 0.2) is 36.4 Å². The molecule has 2 rings (SSSR count). The third-order valence-electron chi connectivity index (χ3n) is 4.49. The van der Waals surface area contributed by atoms with E-state index in [9.17, 15) is 14.4 Å². The zero-order valence-electron chi connectivity index (χ0n) is 20.1. The Kier molecular flexibility index (Phi) is 9.43. The van der Waals surface area contributed by atoms with Crippen LogP contribution in [0.3, 0.4) is 0 Å². The van der Waals surface area contributed by atoms with Crippen LogP contribution in [0.1, 0.15) is 44.4 Å². The molecular weight excluding hydrogens is 440 g/mol. The van der Waals surface area contributed by atoms with E-state index >= 15 is 0 Å². The molecule has 0 aliphatic carbocycles. The van der Waals surface area contributed by atoms with Crippen LogP contribution in [-0.4, -0.2) is 38.7 Å². The zero-order valence-corrected chi connectivity index (χ0v) is 20.1. The second-order valence-electron chi connectivity index (χ2n) is 7.23. The standard InChI is InChI=1S/C26H28O8/c1-16(12-21-9-10-23(33-18(3)28)24(14-21)30-5)22-13-20(8-7-11-32-17(2)27)15-25(31-6)26(22)34-19(4)29/h7-10,12-15H,11H2,1-6H3. The Hall–Kier alpha value is -4.07. The lowest BCUT2D eigenvalue weighted by Gasteiger charge is -2.15. The summed E-state index contributed by atoms with van der Waals surface area (Å²) in [5, 5.41) is 0. The lowest BCUT2D eigenvalue weighted by molar-refractivity contribution is -0.139. The number of ether oxygens (including phenoxy) is 5. The van der Waals surface area contributed by atoms with Gasteiger partial charge in [0.15, 0.2) is 23.0 Å². The molecule has 0 aromatic heterocycles. The fraction of sp³-hybridized carbons (Fsp3) is 0.269. The van der Waals surface area contributed by atoms with Crippen molar-refractivity contribution >= 4 is 35.6 Å². The third kappa shape index (κ3) is 7.51. The molecule has 0 amide bonds. The molecule has 34 heavy (non-hydrogen) atoms. The quantitative estimate of drug-likeness (QED) is 0.297. The number of rotatable bonds is 9. The summed E-state index contributed by atoms with van der Waals surface area (Å²) in [6, 6.07) is 8.70. The van der Waals surface area contributed by atoms with Gasteiger partial charge in [-0.2, -0.15) is 0 Å². The number of hydrogen-bond donors (Lipinski definition) is 0. The van der Waals surface area contributed by atoms with Crippen molar-refractivity contribution in [3.63, 3.8) is 0 Å². The Balaban J connectivity index is 2.53. The van der Waals surface area contributed by atoms with Crippen LogP contribution in [0.25, 0.3) is 17.7 Å². The summed E-state index contributed by atoms with van der Waals surface area (Å²) in [4.78, 5) is 34.0. The fourth-order valence-corrected chi connectivity index (χ4v) is 3.10. The van der Waals surface area contributed by atoms with Crippen molar-refractivity contribution in [3.8, 4) is 23.0 Å². The molecule has 0 fully saturated rings. The van der Waals surface area contributed by atoms with Gasteiger partial charge in [-0.15, -0.1) is 0 Å². The molecule has 0 unspecified atom stereocenters. The Bertz CT molecular complexity index is 1130. The highest BCUT2D eigenvalue weighted by Crippen LogP contribution is 2.39. The molecule has 0 saturated heterocycles. The summed E-state index contributed by atoms with van der Waals surface area (Å²) in [5.74, 6) is 0.0536. The van der Waals surface area contributed by atoms with Gasteiger partial charge in [-0.25, -0.2) is 0 Å². The first kappa shape index (κ1) is 26.2. The number of benzene rings is 2. The van der Waals surface area contributed by atoms with E-state index in [4.69, 9.17) is 23.7 Å². The van der Waals surface area contributed by atoms with E-state index in [1.54, 1.807) is 36.4 Å². The topological polar surface area (TPSA) is 97.4 Å². The van der Waals surface area contributed by atoms with Crippen LogP contribution in [0, 0.1) is 0 Å². The van der Waals surface area contributed by atoms with E-state index in [-0.39, 0.29) is 18.3 Å². The SMILES string of the molecule is COc1cc(C=C(C)c2cc(C=CCOC(C)=O)cc(OC)c2OC(C)=O)ccc1OC(C)=O. The van der Waals surface area contributed by atoms with Crippen LogP contribution < -0.4 is 18.9 Å². The van der Waals surface area contributed by atoms with E-state index in [0.29, 0.717) is 22.8 Å². The van der Waals surface area contributed by atoms with Gasteiger partial charge in [-0.05, 0) is 54.0 Å². The largest absolute Gasteiger partial charge is 0.493 e. The van der Waals surface area contributed by atoms with Gasteiger partial charge < -0.3 is 23.7 Å². The Morgan fingerprint density at radius 1 is 0.765 bits per heavy atom. The second-order valence-corrected chi connectivity index (χ2v) is 7.23. The van der Waals surface area contributed by atoms with E-state index in [2.05, 4.69) is 0 Å². The Labute approximate surface area is 198 Å². The number of allylic oxidation sites excluding steroid dienone is 1. The van der Waals surface area contributed by atoms with Gasteiger partial charge in [0.05, 0.1) is 14.2 Å². The van der Waals surface area contributed by atoms with E-state index in [0.717, 1.165) is 16.7 Å². The molecule has 0 N–H and O–H groups in total. The van der Waals surface area contributed by atoms with Crippen molar-refractivity contribution in [2.24, 2.45) is 0 Å².